The topological polar surface area (TPSA) is 95.9 Å². The molecule has 0 aliphatic rings. The lowest BCUT2D eigenvalue weighted by Crippen LogP contribution is -2.45. The maximum absolute atomic E-state index is 12.5. The van der Waals surface area contributed by atoms with Crippen LogP contribution in [-0.2, 0) is 14.3 Å². The molecule has 0 bridgehead atoms. The molecule has 0 aromatic rings. The molecule has 6 nitrogen and oxygen atoms in total. The fraction of sp³-hybridized carbons (Fsp3) is 0.899. The highest BCUT2D eigenvalue weighted by atomic mass is 16.5. The lowest BCUT2D eigenvalue weighted by atomic mass is 10.0. The number of nitrogens with one attached hydrogen (secondary N) is 1. The minimum absolute atomic E-state index is 0.0138. The zero-order valence-electron chi connectivity index (χ0n) is 57.6. The van der Waals surface area contributed by atoms with Gasteiger partial charge in [0, 0.05) is 12.8 Å². The number of aliphatic hydroxyl groups excluding tert-OH is 2. The van der Waals surface area contributed by atoms with Crippen LogP contribution in [-0.4, -0.2) is 47.4 Å². The van der Waals surface area contributed by atoms with E-state index in [0.717, 1.165) is 44.9 Å². The average molecular weight is 1200 g/mol. The second kappa shape index (κ2) is 74.5. The highest BCUT2D eigenvalue weighted by molar-refractivity contribution is 5.76. The van der Waals surface area contributed by atoms with Crippen LogP contribution >= 0.6 is 0 Å². The van der Waals surface area contributed by atoms with Crippen LogP contribution in [0.15, 0.2) is 36.5 Å². The van der Waals surface area contributed by atoms with Gasteiger partial charge in [0.1, 0.15) is 0 Å². The first kappa shape index (κ1) is 83.1. The van der Waals surface area contributed by atoms with Crippen molar-refractivity contribution in [3.8, 4) is 0 Å². The Hall–Kier alpha value is -1.92. The summed E-state index contributed by atoms with van der Waals surface area (Å²) in [5.41, 5.74) is 0. The van der Waals surface area contributed by atoms with Crippen molar-refractivity contribution in [2.45, 2.75) is 443 Å². The fourth-order valence-electron chi connectivity index (χ4n) is 12.2. The molecule has 0 saturated heterocycles. The number of hydrogen-bond acceptors (Lipinski definition) is 5. The molecule has 2 atom stereocenters. The largest absolute Gasteiger partial charge is 0.466 e. The Bertz CT molecular complexity index is 1380. The number of rotatable bonds is 73. The number of amides is 1. The summed E-state index contributed by atoms with van der Waals surface area (Å²) < 4.78 is 5.50. The highest BCUT2D eigenvalue weighted by Crippen LogP contribution is 2.19. The van der Waals surface area contributed by atoms with Crippen molar-refractivity contribution in [1.29, 1.82) is 0 Å². The van der Waals surface area contributed by atoms with Gasteiger partial charge in [0.15, 0.2) is 0 Å². The summed E-state index contributed by atoms with van der Waals surface area (Å²) in [6.45, 7) is 4.93. The van der Waals surface area contributed by atoms with Crippen molar-refractivity contribution in [3.05, 3.63) is 36.5 Å². The number of aliphatic hydroxyl groups is 2. The first-order valence-electron chi connectivity index (χ1n) is 38.8. The Kier molecular flexibility index (Phi) is 72.9. The van der Waals surface area contributed by atoms with Crippen molar-refractivity contribution in [3.63, 3.8) is 0 Å². The van der Waals surface area contributed by atoms with Crippen molar-refractivity contribution >= 4 is 11.9 Å². The lowest BCUT2D eigenvalue weighted by Gasteiger charge is -2.20. The normalized spacial score (nSPS) is 12.7. The van der Waals surface area contributed by atoms with E-state index in [2.05, 4.69) is 43.5 Å². The van der Waals surface area contributed by atoms with E-state index < -0.39 is 12.1 Å². The second-order valence-electron chi connectivity index (χ2n) is 26.7. The minimum atomic E-state index is -0.842. The standard InChI is InChI=1S/C79H151NO5/c1-3-5-7-9-11-13-15-17-19-44-47-51-55-59-63-67-71-77(82)76(75-81)80-78(83)72-68-64-60-56-52-48-45-41-39-37-35-33-31-29-27-25-23-21-20-22-24-26-28-30-32-34-36-38-40-42-46-50-54-58-62-66-70-74-85-79(84)73-69-65-61-57-53-49-43-18-16-14-12-10-8-6-4-2/h18,20,22,43,67,71,76-77,81-82H,3-17,19,21,23-42,44-66,68-70,72-75H2,1-2H3,(H,80,83)/b22-20-,43-18-,71-67+. The third kappa shape index (κ3) is 71.0. The van der Waals surface area contributed by atoms with Crippen LogP contribution in [0.4, 0.5) is 0 Å². The van der Waals surface area contributed by atoms with Gasteiger partial charge in [-0.15, -0.1) is 0 Å². The summed E-state index contributed by atoms with van der Waals surface area (Å²) in [5.74, 6) is -0.0472. The molecule has 0 rings (SSSR count). The summed E-state index contributed by atoms with van der Waals surface area (Å²) in [6.07, 6.45) is 97.0. The van der Waals surface area contributed by atoms with Crippen LogP contribution in [0.5, 0.6) is 0 Å². The summed E-state index contributed by atoms with van der Waals surface area (Å²) in [7, 11) is 0. The molecule has 0 aliphatic carbocycles. The molecule has 0 aliphatic heterocycles. The Balaban J connectivity index is 3.34. The van der Waals surface area contributed by atoms with Gasteiger partial charge in [0.2, 0.25) is 5.91 Å². The molecule has 0 spiro atoms. The van der Waals surface area contributed by atoms with Gasteiger partial charge in [-0.2, -0.15) is 0 Å². The molecule has 0 saturated carbocycles. The predicted molar refractivity (Wildman–Crippen MR) is 375 cm³/mol. The quantitative estimate of drug-likeness (QED) is 0.0320. The van der Waals surface area contributed by atoms with Crippen LogP contribution in [0.1, 0.15) is 431 Å². The Morgan fingerprint density at radius 1 is 0.318 bits per heavy atom. The number of esters is 1. The van der Waals surface area contributed by atoms with Gasteiger partial charge in [0.25, 0.3) is 0 Å². The van der Waals surface area contributed by atoms with Crippen LogP contribution in [0.25, 0.3) is 0 Å². The number of carbonyl (C=O) groups is 2. The molecule has 1 amide bonds. The predicted octanol–water partition coefficient (Wildman–Crippen LogP) is 25.4. The third-order valence-corrected chi connectivity index (χ3v) is 18.1. The molecular weight excluding hydrogens is 1040 g/mol. The van der Waals surface area contributed by atoms with E-state index >= 15 is 0 Å². The number of ether oxygens (including phenoxy) is 1. The van der Waals surface area contributed by atoms with Gasteiger partial charge in [-0.25, -0.2) is 0 Å². The number of unbranched alkanes of at least 4 members (excludes halogenated alkanes) is 58. The van der Waals surface area contributed by atoms with E-state index in [4.69, 9.17) is 4.74 Å². The molecule has 3 N–H and O–H groups in total. The Morgan fingerprint density at radius 3 is 0.835 bits per heavy atom. The highest BCUT2D eigenvalue weighted by Gasteiger charge is 2.18. The van der Waals surface area contributed by atoms with Gasteiger partial charge in [0.05, 0.1) is 25.4 Å². The molecule has 0 heterocycles. The first-order valence-corrected chi connectivity index (χ1v) is 38.8. The SMILES string of the molecule is CCCCCCCC/C=C\CCCCCCCC(=O)OCCCCCCCCCCCCCCCCCC/C=C\CCCCCCCCCCCCCCCCCCCC(=O)NC(CO)C(O)/C=C/CCCCCCCCCCCCCCCC. The maximum Gasteiger partial charge on any atom is 0.305 e. The summed E-state index contributed by atoms with van der Waals surface area (Å²) in [6, 6.07) is -0.625. The van der Waals surface area contributed by atoms with E-state index in [9.17, 15) is 19.8 Å². The molecule has 502 valence electrons. The molecule has 0 radical (unpaired) electrons. The maximum atomic E-state index is 12.5. The number of allylic oxidation sites excluding steroid dienone is 5. The molecule has 2 unspecified atom stereocenters. The van der Waals surface area contributed by atoms with Crippen molar-refractivity contribution in [2.24, 2.45) is 0 Å². The monoisotopic (exact) mass is 1190 g/mol. The fourth-order valence-corrected chi connectivity index (χ4v) is 12.2. The van der Waals surface area contributed by atoms with E-state index in [1.54, 1.807) is 6.08 Å². The van der Waals surface area contributed by atoms with Crippen LogP contribution < -0.4 is 5.32 Å². The summed E-state index contributed by atoms with van der Waals surface area (Å²) in [4.78, 5) is 24.6. The third-order valence-electron chi connectivity index (χ3n) is 18.1. The molecule has 0 aromatic carbocycles. The van der Waals surface area contributed by atoms with Gasteiger partial charge >= 0.3 is 5.97 Å². The van der Waals surface area contributed by atoms with Crippen LogP contribution in [0.3, 0.4) is 0 Å². The molecule has 6 heteroatoms. The summed E-state index contributed by atoms with van der Waals surface area (Å²) >= 11 is 0. The van der Waals surface area contributed by atoms with Crippen LogP contribution in [0.2, 0.25) is 0 Å². The average Bonchev–Trinajstić information content (AvgIpc) is 3.51. The second-order valence-corrected chi connectivity index (χ2v) is 26.7. The molecule has 0 aromatic heterocycles. The Morgan fingerprint density at radius 2 is 0.553 bits per heavy atom. The van der Waals surface area contributed by atoms with Crippen molar-refractivity contribution < 1.29 is 24.5 Å². The number of hydrogen-bond donors (Lipinski definition) is 3. The smallest absolute Gasteiger partial charge is 0.305 e. The molecule has 0 fully saturated rings. The van der Waals surface area contributed by atoms with Crippen molar-refractivity contribution in [1.82, 2.24) is 5.32 Å². The van der Waals surface area contributed by atoms with Gasteiger partial charge in [-0.3, -0.25) is 9.59 Å². The summed E-state index contributed by atoms with van der Waals surface area (Å²) in [5, 5.41) is 23.2. The van der Waals surface area contributed by atoms with Gasteiger partial charge in [-0.1, -0.05) is 371 Å². The lowest BCUT2D eigenvalue weighted by molar-refractivity contribution is -0.143. The van der Waals surface area contributed by atoms with E-state index in [-0.39, 0.29) is 18.5 Å². The zero-order valence-corrected chi connectivity index (χ0v) is 57.6. The number of carbonyl (C=O) groups excluding carboxylic acids is 2. The van der Waals surface area contributed by atoms with Gasteiger partial charge in [-0.05, 0) is 83.5 Å². The molecular formula is C79H151NO5. The molecule has 85 heavy (non-hydrogen) atoms. The van der Waals surface area contributed by atoms with E-state index in [0.29, 0.717) is 19.4 Å². The van der Waals surface area contributed by atoms with Crippen LogP contribution in [0, 0.1) is 0 Å². The van der Waals surface area contributed by atoms with Crippen molar-refractivity contribution in [2.75, 3.05) is 13.2 Å². The minimum Gasteiger partial charge on any atom is -0.466 e. The van der Waals surface area contributed by atoms with E-state index in [1.165, 1.54) is 360 Å². The van der Waals surface area contributed by atoms with Gasteiger partial charge < -0.3 is 20.3 Å². The zero-order chi connectivity index (χ0) is 61.3. The Labute approximate surface area is 532 Å². The first-order chi connectivity index (χ1) is 42.0. The van der Waals surface area contributed by atoms with E-state index in [1.807, 2.05) is 6.08 Å².